The molecule has 0 saturated carbocycles. The van der Waals surface area contributed by atoms with E-state index in [4.69, 9.17) is 0 Å². The van der Waals surface area contributed by atoms with Gasteiger partial charge >= 0.3 is 0 Å². The highest BCUT2D eigenvalue weighted by Gasteiger charge is 2.18. The summed E-state index contributed by atoms with van der Waals surface area (Å²) in [6.07, 6.45) is 2.50. The fourth-order valence-corrected chi connectivity index (χ4v) is 2.22. The van der Waals surface area contributed by atoms with Crippen LogP contribution in [0.3, 0.4) is 0 Å². The zero-order chi connectivity index (χ0) is 8.39. The van der Waals surface area contributed by atoms with Gasteiger partial charge in [0, 0.05) is 12.4 Å². The number of hydrogen-bond acceptors (Lipinski definition) is 4. The summed E-state index contributed by atoms with van der Waals surface area (Å²) in [4.78, 5) is 4.46. The van der Waals surface area contributed by atoms with Gasteiger partial charge in [-0.15, -0.1) is 23.7 Å². The lowest BCUT2D eigenvalue weighted by molar-refractivity contribution is 0.632. The summed E-state index contributed by atoms with van der Waals surface area (Å²) in [6, 6.07) is 0.503. The van der Waals surface area contributed by atoms with Gasteiger partial charge < -0.3 is 10.6 Å². The quantitative estimate of drug-likeness (QED) is 0.800. The monoisotopic (exact) mass is 219 g/mol. The van der Waals surface area contributed by atoms with E-state index in [-0.39, 0.29) is 12.4 Å². The zero-order valence-electron chi connectivity index (χ0n) is 7.54. The molecule has 1 aliphatic rings. The average Bonchev–Trinajstić information content (AvgIpc) is 2.75. The standard InChI is InChI=1S/C8H13N3S.ClH/c1-9-8-11-7(5-12-8)6-3-2-4-10-6;/h5-6,10H,2-4H2,1H3,(H,9,11);1H/t6-;/m0./s1. The molecule has 1 atom stereocenters. The molecule has 3 nitrogen and oxygen atoms in total. The van der Waals surface area contributed by atoms with Gasteiger partial charge in [-0.2, -0.15) is 0 Å². The number of halogens is 1. The van der Waals surface area contributed by atoms with Crippen LogP contribution in [-0.2, 0) is 0 Å². The largest absolute Gasteiger partial charge is 0.365 e. The maximum atomic E-state index is 4.46. The van der Waals surface area contributed by atoms with Crippen molar-refractivity contribution in [2.45, 2.75) is 18.9 Å². The molecule has 0 unspecified atom stereocenters. The fraction of sp³-hybridized carbons (Fsp3) is 0.625. The minimum atomic E-state index is 0. The van der Waals surface area contributed by atoms with E-state index in [9.17, 15) is 0 Å². The van der Waals surface area contributed by atoms with Crippen molar-refractivity contribution in [2.75, 3.05) is 18.9 Å². The van der Waals surface area contributed by atoms with Crippen LogP contribution >= 0.6 is 23.7 Å². The molecule has 74 valence electrons. The molecular weight excluding hydrogens is 206 g/mol. The predicted octanol–water partition coefficient (Wildman–Crippen LogP) is 2.03. The Kier molecular flexibility index (Phi) is 3.96. The van der Waals surface area contributed by atoms with Gasteiger partial charge in [0.15, 0.2) is 5.13 Å². The van der Waals surface area contributed by atoms with Crippen molar-refractivity contribution in [3.05, 3.63) is 11.1 Å². The van der Waals surface area contributed by atoms with E-state index in [1.807, 2.05) is 7.05 Å². The first-order valence-electron chi connectivity index (χ1n) is 4.26. The van der Waals surface area contributed by atoms with Crippen LogP contribution in [0.5, 0.6) is 0 Å². The van der Waals surface area contributed by atoms with Gasteiger partial charge in [0.1, 0.15) is 0 Å². The minimum Gasteiger partial charge on any atom is -0.365 e. The first-order valence-corrected chi connectivity index (χ1v) is 5.14. The second kappa shape index (κ2) is 4.79. The summed E-state index contributed by atoms with van der Waals surface area (Å²) in [7, 11) is 1.91. The zero-order valence-corrected chi connectivity index (χ0v) is 9.17. The summed E-state index contributed by atoms with van der Waals surface area (Å²) < 4.78 is 0. The molecule has 1 saturated heterocycles. The van der Waals surface area contributed by atoms with E-state index >= 15 is 0 Å². The highest BCUT2D eigenvalue weighted by molar-refractivity contribution is 7.13. The first-order chi connectivity index (χ1) is 5.90. The average molecular weight is 220 g/mol. The van der Waals surface area contributed by atoms with Crippen molar-refractivity contribution in [1.82, 2.24) is 10.3 Å². The van der Waals surface area contributed by atoms with Gasteiger partial charge in [-0.1, -0.05) is 0 Å². The molecule has 0 amide bonds. The molecule has 0 spiro atoms. The Balaban J connectivity index is 0.000000845. The third-order valence-corrected chi connectivity index (χ3v) is 3.03. The summed E-state index contributed by atoms with van der Waals surface area (Å²) >= 11 is 1.67. The lowest BCUT2D eigenvalue weighted by Gasteiger charge is -2.04. The summed E-state index contributed by atoms with van der Waals surface area (Å²) in [5.74, 6) is 0. The van der Waals surface area contributed by atoms with Crippen molar-refractivity contribution < 1.29 is 0 Å². The molecule has 1 aliphatic heterocycles. The van der Waals surface area contributed by atoms with E-state index in [0.29, 0.717) is 6.04 Å². The fourth-order valence-electron chi connectivity index (χ4n) is 1.50. The Labute approximate surface area is 88.4 Å². The second-order valence-corrected chi connectivity index (χ2v) is 3.83. The van der Waals surface area contributed by atoms with Gasteiger partial charge in [-0.05, 0) is 19.4 Å². The van der Waals surface area contributed by atoms with E-state index in [1.165, 1.54) is 18.5 Å². The van der Waals surface area contributed by atoms with Crippen LogP contribution in [-0.4, -0.2) is 18.6 Å². The Morgan fingerprint density at radius 3 is 3.08 bits per heavy atom. The van der Waals surface area contributed by atoms with E-state index in [2.05, 4.69) is 21.0 Å². The number of nitrogens with one attached hydrogen (secondary N) is 2. The van der Waals surface area contributed by atoms with Crippen LogP contribution in [0.4, 0.5) is 5.13 Å². The predicted molar refractivity (Wildman–Crippen MR) is 58.9 cm³/mol. The van der Waals surface area contributed by atoms with Crippen molar-refractivity contribution in [2.24, 2.45) is 0 Å². The smallest absolute Gasteiger partial charge is 0.182 e. The van der Waals surface area contributed by atoms with Crippen LogP contribution in [0.1, 0.15) is 24.6 Å². The number of thiazole rings is 1. The third-order valence-electron chi connectivity index (χ3n) is 2.15. The molecular formula is C8H14ClN3S. The summed E-state index contributed by atoms with van der Waals surface area (Å²) in [6.45, 7) is 1.14. The number of nitrogens with zero attached hydrogens (tertiary/aromatic N) is 1. The van der Waals surface area contributed by atoms with Crippen LogP contribution in [0.15, 0.2) is 5.38 Å². The van der Waals surface area contributed by atoms with Crippen LogP contribution in [0.25, 0.3) is 0 Å². The Morgan fingerprint density at radius 2 is 2.54 bits per heavy atom. The minimum absolute atomic E-state index is 0. The number of anilines is 1. The lowest BCUT2D eigenvalue weighted by Crippen LogP contribution is -2.13. The summed E-state index contributed by atoms with van der Waals surface area (Å²) in [5, 5.41) is 9.62. The Morgan fingerprint density at radius 1 is 1.69 bits per heavy atom. The highest BCUT2D eigenvalue weighted by Crippen LogP contribution is 2.25. The summed E-state index contributed by atoms with van der Waals surface area (Å²) in [5.41, 5.74) is 1.20. The maximum absolute atomic E-state index is 4.46. The van der Waals surface area contributed by atoms with Crippen molar-refractivity contribution in [3.8, 4) is 0 Å². The van der Waals surface area contributed by atoms with Crippen molar-refractivity contribution >= 4 is 28.9 Å². The van der Waals surface area contributed by atoms with E-state index in [0.717, 1.165) is 11.7 Å². The maximum Gasteiger partial charge on any atom is 0.182 e. The normalized spacial score (nSPS) is 21.2. The number of aromatic nitrogens is 1. The van der Waals surface area contributed by atoms with Gasteiger partial charge in [-0.3, -0.25) is 0 Å². The topological polar surface area (TPSA) is 37.0 Å². The van der Waals surface area contributed by atoms with Gasteiger partial charge in [0.25, 0.3) is 0 Å². The van der Waals surface area contributed by atoms with Gasteiger partial charge in [0.05, 0.1) is 11.7 Å². The van der Waals surface area contributed by atoms with Crippen LogP contribution in [0, 0.1) is 0 Å². The van der Waals surface area contributed by atoms with Gasteiger partial charge in [-0.25, -0.2) is 4.98 Å². The van der Waals surface area contributed by atoms with E-state index < -0.39 is 0 Å². The molecule has 2 heterocycles. The molecule has 1 fully saturated rings. The van der Waals surface area contributed by atoms with Gasteiger partial charge in [0.2, 0.25) is 0 Å². The lowest BCUT2D eigenvalue weighted by atomic mass is 10.2. The molecule has 0 bridgehead atoms. The van der Waals surface area contributed by atoms with Crippen molar-refractivity contribution in [1.29, 1.82) is 0 Å². The van der Waals surface area contributed by atoms with Crippen molar-refractivity contribution in [3.63, 3.8) is 0 Å². The molecule has 1 aromatic heterocycles. The third kappa shape index (κ3) is 2.33. The first kappa shape index (κ1) is 10.8. The second-order valence-electron chi connectivity index (χ2n) is 2.98. The number of rotatable bonds is 2. The SMILES string of the molecule is CNc1nc([C@@H]2CCCN2)cs1.Cl. The Hall–Kier alpha value is -0.320. The molecule has 5 heteroatoms. The molecule has 2 N–H and O–H groups in total. The molecule has 1 aromatic rings. The molecule has 0 aromatic carbocycles. The van der Waals surface area contributed by atoms with Crippen LogP contribution in [0.2, 0.25) is 0 Å². The van der Waals surface area contributed by atoms with Crippen LogP contribution < -0.4 is 10.6 Å². The molecule has 0 aliphatic carbocycles. The number of hydrogen-bond donors (Lipinski definition) is 2. The molecule has 2 rings (SSSR count). The molecule has 0 radical (unpaired) electrons. The molecule has 13 heavy (non-hydrogen) atoms. The Bertz CT molecular complexity index is 258. The highest BCUT2D eigenvalue weighted by atomic mass is 35.5. The van der Waals surface area contributed by atoms with E-state index in [1.54, 1.807) is 11.3 Å².